The highest BCUT2D eigenvalue weighted by Crippen LogP contribution is 2.25. The molecule has 0 spiro atoms. The molecule has 0 bridgehead atoms. The third kappa shape index (κ3) is 34.5. The van der Waals surface area contributed by atoms with Crippen molar-refractivity contribution in [3.8, 4) is 0 Å². The fourth-order valence-corrected chi connectivity index (χ4v) is 11.1. The summed E-state index contributed by atoms with van der Waals surface area (Å²) < 4.78 is 0. The molecule has 1 unspecified atom stereocenters. The zero-order chi connectivity index (χ0) is 79.8. The molecule has 1 heterocycles. The van der Waals surface area contributed by atoms with Crippen molar-refractivity contribution in [3.63, 3.8) is 0 Å². The number of nitrogens with two attached hydrogens (primary N) is 11. The van der Waals surface area contributed by atoms with E-state index in [1.54, 1.807) is 51.1 Å². The molecule has 2 rings (SSSR count). The van der Waals surface area contributed by atoms with Gasteiger partial charge in [-0.3, -0.25) is 93.2 Å². The Hall–Kier alpha value is -10.4. The van der Waals surface area contributed by atoms with E-state index in [0.29, 0.717) is 31.2 Å². The molecule has 0 aromatic heterocycles. The maximum absolute atomic E-state index is 14.5. The molecule has 0 saturated carbocycles. The molecule has 13 atom stereocenters. The number of hydrogen-bond acceptors (Lipinski definition) is 22. The topological polar surface area (TPSA) is 715 Å². The summed E-state index contributed by atoms with van der Waals surface area (Å²) in [5.74, 6) is -8.41. The van der Waals surface area contributed by atoms with Crippen LogP contribution in [0.2, 0.25) is 0 Å². The van der Waals surface area contributed by atoms with E-state index in [2.05, 4.69) is 73.9 Å². The Bertz CT molecular complexity index is 3170. The SMILES string of the molecule is CC(C)[C@H](NC(=O)[C@H](CC(N)=O)NC(=O)[C@H](CCCCN)NC(=O)[C@H](CCC(N)=O)NC(=O)[C@H](CCCNN)N1C(=O)[C@@H](NC(=O)[C@H](C)NC(=O)CNC(=O)[C@H](CCCCN)NC(=O)[C@H](CCCN=C(N)N)NC(=O)[C@H](C)NC(=O)[C@H](Cc2ccccc2)NC(=O)[C@@H](N)CCCN=C(N)N)CC1C)C(N)=O. The number of rotatable bonds is 52. The molecule has 1 saturated heterocycles. The Morgan fingerprint density at radius 3 is 1.51 bits per heavy atom. The Morgan fingerprint density at radius 2 is 0.991 bits per heavy atom. The van der Waals surface area contributed by atoms with Gasteiger partial charge >= 0.3 is 0 Å². The highest BCUT2D eigenvalue weighted by atomic mass is 16.2. The minimum atomic E-state index is -1.65. The molecular formula is C65H114N26O15. The number of carbonyl (C=O) groups excluding carboxylic acids is 15. The first-order valence-electron chi connectivity index (χ1n) is 35.3. The van der Waals surface area contributed by atoms with Crippen LogP contribution in [0.25, 0.3) is 0 Å². The summed E-state index contributed by atoms with van der Waals surface area (Å²) in [5, 5.41) is 27.9. The second-order valence-electron chi connectivity index (χ2n) is 26.2. The third-order valence-electron chi connectivity index (χ3n) is 16.9. The largest absolute Gasteiger partial charge is 0.370 e. The van der Waals surface area contributed by atoms with Gasteiger partial charge in [0.25, 0.3) is 0 Å². The third-order valence-corrected chi connectivity index (χ3v) is 16.9. The van der Waals surface area contributed by atoms with Gasteiger partial charge in [0.15, 0.2) is 11.9 Å². The van der Waals surface area contributed by atoms with E-state index in [9.17, 15) is 71.9 Å². The summed E-state index contributed by atoms with van der Waals surface area (Å²) in [5.41, 5.74) is 58.9. The summed E-state index contributed by atoms with van der Waals surface area (Å²) in [7, 11) is 0. The zero-order valence-corrected chi connectivity index (χ0v) is 61.0. The summed E-state index contributed by atoms with van der Waals surface area (Å²) in [6.07, 6.45) is 0.238. The molecule has 1 aliphatic rings. The van der Waals surface area contributed by atoms with E-state index in [4.69, 9.17) is 63.2 Å². The quantitative estimate of drug-likeness (QED) is 0.00947. The molecule has 1 aromatic carbocycles. The Morgan fingerprint density at radius 1 is 0.509 bits per heavy atom. The van der Waals surface area contributed by atoms with Crippen molar-refractivity contribution in [2.24, 2.45) is 79.1 Å². The van der Waals surface area contributed by atoms with Crippen LogP contribution in [0.4, 0.5) is 0 Å². The van der Waals surface area contributed by atoms with Crippen LogP contribution in [0.5, 0.6) is 0 Å². The average Bonchev–Trinajstić information content (AvgIpc) is 1.66. The van der Waals surface area contributed by atoms with Gasteiger partial charge < -0.3 is 121 Å². The fraction of sp³-hybridized carbons (Fsp3) is 0.646. The van der Waals surface area contributed by atoms with Gasteiger partial charge in [-0.15, -0.1) is 0 Å². The summed E-state index contributed by atoms with van der Waals surface area (Å²) in [6.45, 7) is 7.46. The minimum absolute atomic E-state index is 0.00222. The van der Waals surface area contributed by atoms with E-state index < -0.39 is 199 Å². The smallest absolute Gasteiger partial charge is 0.246 e. The van der Waals surface area contributed by atoms with E-state index in [1.165, 1.54) is 18.7 Å². The van der Waals surface area contributed by atoms with Crippen LogP contribution in [-0.4, -0.2) is 223 Å². The Kier molecular flexibility index (Phi) is 42.0. The molecule has 1 aliphatic heterocycles. The van der Waals surface area contributed by atoms with Crippen LogP contribution in [-0.2, 0) is 78.3 Å². The van der Waals surface area contributed by atoms with Gasteiger partial charge in [0.05, 0.1) is 19.0 Å². The number of carbonyl (C=O) groups is 15. The number of likely N-dealkylation sites (tertiary alicyclic amines) is 1. The number of nitrogens with one attached hydrogen (secondary N) is 12. The van der Waals surface area contributed by atoms with Gasteiger partial charge in [-0.05, 0) is 135 Å². The fourth-order valence-electron chi connectivity index (χ4n) is 11.1. The van der Waals surface area contributed by atoms with Gasteiger partial charge in [-0.1, -0.05) is 44.2 Å². The first kappa shape index (κ1) is 91.7. The lowest BCUT2D eigenvalue weighted by atomic mass is 10.0. The van der Waals surface area contributed by atoms with Crippen molar-refractivity contribution in [2.75, 3.05) is 39.3 Å². The number of hydrazine groups is 1. The van der Waals surface area contributed by atoms with Crippen LogP contribution in [0, 0.1) is 5.92 Å². The molecule has 1 fully saturated rings. The minimum Gasteiger partial charge on any atom is -0.370 e. The molecular weight excluding hydrogens is 1380 g/mol. The summed E-state index contributed by atoms with van der Waals surface area (Å²) in [4.78, 5) is 212. The Balaban J connectivity index is 2.31. The van der Waals surface area contributed by atoms with Crippen LogP contribution >= 0.6 is 0 Å². The van der Waals surface area contributed by atoms with Gasteiger partial charge in [-0.25, -0.2) is 0 Å². The van der Waals surface area contributed by atoms with Crippen LogP contribution < -0.4 is 127 Å². The first-order valence-corrected chi connectivity index (χ1v) is 35.3. The summed E-state index contributed by atoms with van der Waals surface area (Å²) in [6, 6.07) is -8.23. The molecule has 15 amide bonds. The maximum Gasteiger partial charge on any atom is 0.246 e. The van der Waals surface area contributed by atoms with Gasteiger partial charge in [-0.2, -0.15) is 0 Å². The molecule has 0 aliphatic carbocycles. The second kappa shape index (κ2) is 48.6. The maximum atomic E-state index is 14.5. The normalized spacial score (nSPS) is 16.3. The zero-order valence-electron chi connectivity index (χ0n) is 61.0. The predicted molar refractivity (Wildman–Crippen MR) is 390 cm³/mol. The molecule has 1 aromatic rings. The number of hydrogen-bond donors (Lipinski definition) is 23. The molecule has 41 nitrogen and oxygen atoms in total. The van der Waals surface area contributed by atoms with E-state index in [0.717, 1.165) is 0 Å². The van der Waals surface area contributed by atoms with E-state index >= 15 is 0 Å². The molecule has 41 heteroatoms. The van der Waals surface area contributed by atoms with Crippen molar-refractivity contribution in [1.29, 1.82) is 0 Å². The van der Waals surface area contributed by atoms with Crippen molar-refractivity contribution < 1.29 is 71.9 Å². The number of benzene rings is 1. The standard InChI is InChI=1S/C65H114N26O15/c1-34(2)51(52(71)95)90-61(104)45(32-49(70)93)88-58(101)41(20-10-12-26-67)85-59(102)43(23-24-48(69)92)86-62(105)47(22-15-29-80-76)91-35(3)30-46(63(91)106)89-53(96)36(4)81-50(94)33-79-56(99)40(19-9-11-25-66)84-57(100)42(21-14-28-78-65(74)75)83-54(97)37(5)82-60(103)44(31-38-16-7-6-8-17-38)87-55(98)39(68)18-13-27-77-64(72)73/h6-8,16-17,34-37,39-47,51,80H,9-15,18-33,66-68,76H2,1-5H3,(H2,69,92)(H2,70,93)(H2,71,95)(H,79,99)(H,81,94)(H,82,103)(H,83,97)(H,84,100)(H,85,102)(H,86,105)(H,87,98)(H,88,101)(H,89,96)(H,90,104)(H4,72,73,77)(H4,74,75,78)/t35?,36-,37-,39-,40-,41-,42-,43-,44-,45-,46-,47-,51-/m0/s1. The number of guanidine groups is 2. The number of aliphatic imine (C=N–C) groups is 2. The highest BCUT2D eigenvalue weighted by molar-refractivity contribution is 6.00. The first-order chi connectivity index (χ1) is 50.0. The number of nitrogens with zero attached hydrogens (tertiary/aromatic N) is 3. The molecule has 34 N–H and O–H groups in total. The number of amides is 15. The highest BCUT2D eigenvalue weighted by Gasteiger charge is 2.45. The number of unbranched alkanes of at least 4 members (excludes halogenated alkanes) is 2. The van der Waals surface area contributed by atoms with Crippen molar-refractivity contribution in [2.45, 2.75) is 222 Å². The van der Waals surface area contributed by atoms with Crippen molar-refractivity contribution >= 4 is 101 Å². The monoisotopic (exact) mass is 1500 g/mol. The van der Waals surface area contributed by atoms with E-state index in [-0.39, 0.29) is 109 Å². The van der Waals surface area contributed by atoms with Crippen LogP contribution in [0.3, 0.4) is 0 Å². The van der Waals surface area contributed by atoms with E-state index in [1.807, 2.05) is 0 Å². The number of primary amides is 3. The second-order valence-corrected chi connectivity index (χ2v) is 26.2. The molecule has 106 heavy (non-hydrogen) atoms. The van der Waals surface area contributed by atoms with Crippen LogP contribution in [0.1, 0.15) is 143 Å². The predicted octanol–water partition coefficient (Wildman–Crippen LogP) is -9.56. The van der Waals surface area contributed by atoms with Crippen LogP contribution in [0.15, 0.2) is 40.3 Å². The summed E-state index contributed by atoms with van der Waals surface area (Å²) >= 11 is 0. The lowest BCUT2D eigenvalue weighted by Gasteiger charge is -2.32. The van der Waals surface area contributed by atoms with Crippen molar-refractivity contribution in [1.82, 2.24) is 68.8 Å². The lowest BCUT2D eigenvalue weighted by Crippen LogP contribution is -2.60. The van der Waals surface area contributed by atoms with Crippen molar-refractivity contribution in [3.05, 3.63) is 35.9 Å². The van der Waals surface area contributed by atoms with Gasteiger partial charge in [0.2, 0.25) is 88.6 Å². The van der Waals surface area contributed by atoms with Gasteiger partial charge in [0, 0.05) is 38.5 Å². The molecule has 0 radical (unpaired) electrons. The van der Waals surface area contributed by atoms with Gasteiger partial charge in [0.1, 0.15) is 66.5 Å². The lowest BCUT2D eigenvalue weighted by molar-refractivity contribution is -0.142. The average molecular weight is 1500 g/mol. The Labute approximate surface area is 615 Å². The molecule has 594 valence electrons.